The van der Waals surface area contributed by atoms with Crippen LogP contribution >= 0.6 is 0 Å². The van der Waals surface area contributed by atoms with Crippen LogP contribution in [-0.2, 0) is 12.8 Å². The molecule has 0 unspecified atom stereocenters. The van der Waals surface area contributed by atoms with Crippen LogP contribution in [-0.4, -0.2) is 16.7 Å². The average molecular weight is 502 g/mol. The van der Waals surface area contributed by atoms with Gasteiger partial charge in [-0.25, -0.2) is 18.2 Å². The van der Waals surface area contributed by atoms with Crippen molar-refractivity contribution in [1.82, 2.24) is 9.97 Å². The highest BCUT2D eigenvalue weighted by molar-refractivity contribution is 6.85. The summed E-state index contributed by atoms with van der Waals surface area (Å²) in [7, 11) is 0. The lowest BCUT2D eigenvalue weighted by atomic mass is 9.38. The molecule has 6 heteroatoms. The first kappa shape index (κ1) is 28.0. The third-order valence-corrected chi connectivity index (χ3v) is 6.14. The first-order valence-corrected chi connectivity index (χ1v) is 12.8. The van der Waals surface area contributed by atoms with Crippen LogP contribution < -0.4 is 10.9 Å². The van der Waals surface area contributed by atoms with Crippen molar-refractivity contribution in [2.24, 2.45) is 0 Å². The van der Waals surface area contributed by atoms with Crippen LogP contribution in [0.5, 0.6) is 0 Å². The molecule has 4 rings (SSSR count). The van der Waals surface area contributed by atoms with E-state index in [4.69, 9.17) is 0 Å². The maximum Gasteiger partial charge on any atom is 0.217 e. The Kier molecular flexibility index (Phi) is 10.8. The van der Waals surface area contributed by atoms with Gasteiger partial charge in [0.2, 0.25) is 6.71 Å². The molecular weight excluding hydrogens is 468 g/mol. The summed E-state index contributed by atoms with van der Waals surface area (Å²) in [6, 6.07) is 18.5. The van der Waals surface area contributed by atoms with Crippen molar-refractivity contribution < 1.29 is 13.2 Å². The molecule has 2 nitrogen and oxygen atoms in total. The van der Waals surface area contributed by atoms with Crippen LogP contribution in [0.1, 0.15) is 49.3 Å². The topological polar surface area (TPSA) is 28.7 Å². The summed E-state index contributed by atoms with van der Waals surface area (Å²) in [5.74, 6) is 0.165. The molecule has 0 radical (unpaired) electrons. The van der Waals surface area contributed by atoms with Crippen LogP contribution in [0.25, 0.3) is 0 Å². The fourth-order valence-electron chi connectivity index (χ4n) is 4.31. The number of aromatic nitrogens is 2. The minimum atomic E-state index is -0.273. The fourth-order valence-corrected chi connectivity index (χ4v) is 4.31. The second-order valence-corrected chi connectivity index (χ2v) is 9.06. The van der Waals surface area contributed by atoms with E-state index < -0.39 is 0 Å². The summed E-state index contributed by atoms with van der Waals surface area (Å²) in [5, 5.41) is 0. The zero-order chi connectivity index (χ0) is 26.6. The predicted octanol–water partition coefficient (Wildman–Crippen LogP) is 6.94. The molecule has 0 amide bonds. The second kappa shape index (κ2) is 14.3. The van der Waals surface area contributed by atoms with Crippen molar-refractivity contribution in [3.05, 3.63) is 125 Å². The molecule has 0 aliphatic rings. The molecule has 0 aliphatic carbocycles. The van der Waals surface area contributed by atoms with E-state index in [2.05, 4.69) is 29.0 Å². The normalized spacial score (nSPS) is 10.9. The van der Waals surface area contributed by atoms with Gasteiger partial charge in [-0.3, -0.25) is 0 Å². The number of allylic oxidation sites excluding steroid dienone is 2. The number of nitrogens with one attached hydrogen (secondary N) is 1. The van der Waals surface area contributed by atoms with Crippen molar-refractivity contribution in [1.29, 1.82) is 0 Å². The molecule has 192 valence electrons. The van der Waals surface area contributed by atoms with Gasteiger partial charge in [-0.05, 0) is 72.5 Å². The van der Waals surface area contributed by atoms with Crippen LogP contribution in [0.4, 0.5) is 13.2 Å². The summed E-state index contributed by atoms with van der Waals surface area (Å²) in [6.45, 7) is 5.80. The second-order valence-electron chi connectivity index (χ2n) is 9.06. The number of hydrogen-bond donors (Lipinski definition) is 1. The molecule has 1 aromatic heterocycles. The van der Waals surface area contributed by atoms with Crippen molar-refractivity contribution in [3.8, 4) is 0 Å². The average Bonchev–Trinajstić information content (AvgIpc) is 3.29. The molecule has 0 atom stereocenters. The van der Waals surface area contributed by atoms with Gasteiger partial charge in [-0.15, -0.1) is 0 Å². The molecule has 0 bridgehead atoms. The first-order valence-electron chi connectivity index (χ1n) is 12.8. The van der Waals surface area contributed by atoms with E-state index in [1.54, 1.807) is 54.7 Å². The lowest BCUT2D eigenvalue weighted by Gasteiger charge is -2.15. The Balaban J connectivity index is 0.000000213. The third-order valence-electron chi connectivity index (χ3n) is 6.14. The minimum Gasteiger partial charge on any atom is -0.346 e. The summed E-state index contributed by atoms with van der Waals surface area (Å²) in [5.41, 5.74) is 4.14. The molecule has 1 heterocycles. The first-order chi connectivity index (χ1) is 17.9. The molecule has 0 saturated heterocycles. The molecule has 0 saturated carbocycles. The van der Waals surface area contributed by atoms with Crippen LogP contribution in [0.3, 0.4) is 0 Å². The number of aryl methyl sites for hydroxylation is 2. The van der Waals surface area contributed by atoms with Gasteiger partial charge in [-0.1, -0.05) is 74.8 Å². The number of H-pyrrole nitrogens is 1. The van der Waals surface area contributed by atoms with Crippen molar-refractivity contribution in [2.75, 3.05) is 0 Å². The zero-order valence-corrected chi connectivity index (χ0v) is 21.8. The Hall–Kier alpha value is -3.54. The smallest absolute Gasteiger partial charge is 0.217 e. The number of rotatable bonds is 9. The Morgan fingerprint density at radius 1 is 0.838 bits per heavy atom. The molecular formula is C31H34BF3N2. The Morgan fingerprint density at radius 2 is 1.46 bits per heavy atom. The van der Waals surface area contributed by atoms with Crippen LogP contribution in [0, 0.1) is 24.4 Å². The van der Waals surface area contributed by atoms with E-state index in [9.17, 15) is 13.2 Å². The summed E-state index contributed by atoms with van der Waals surface area (Å²) in [4.78, 5) is 7.37. The quantitative estimate of drug-likeness (QED) is 0.195. The van der Waals surface area contributed by atoms with Gasteiger partial charge in [0.15, 0.2) is 0 Å². The number of nitrogens with zero attached hydrogens (tertiary/aromatic N) is 1. The van der Waals surface area contributed by atoms with Gasteiger partial charge in [0.1, 0.15) is 23.3 Å². The lowest BCUT2D eigenvalue weighted by Crippen LogP contribution is -2.45. The molecule has 0 spiro atoms. The maximum atomic E-state index is 14.1. The van der Waals surface area contributed by atoms with Gasteiger partial charge < -0.3 is 4.98 Å². The predicted molar refractivity (Wildman–Crippen MR) is 149 cm³/mol. The third kappa shape index (κ3) is 8.52. The number of imidazole rings is 1. The monoisotopic (exact) mass is 502 g/mol. The van der Waals surface area contributed by atoms with E-state index in [1.807, 2.05) is 19.9 Å². The van der Waals surface area contributed by atoms with Crippen molar-refractivity contribution in [3.63, 3.8) is 0 Å². The standard InChI is InChI=1S/C18H19BF2.C13H15FN2/c1-2-3-4-9-14-19(15-10-5-7-12-17(15)20)16-11-6-8-13-18(16)21;1-3-10-4-11(6-12(14)5-10)7-13-15-8-9(2)16-13/h3-8,10-13H,2,9,14H2,1H3;4-6,8H,3,7H2,1-2H3,(H,15,16). The largest absolute Gasteiger partial charge is 0.346 e. The van der Waals surface area contributed by atoms with E-state index in [-0.39, 0.29) is 24.2 Å². The Labute approximate surface area is 218 Å². The van der Waals surface area contributed by atoms with E-state index in [0.717, 1.165) is 41.9 Å². The van der Waals surface area contributed by atoms with Gasteiger partial charge in [-0.2, -0.15) is 0 Å². The highest BCUT2D eigenvalue weighted by atomic mass is 19.1. The maximum absolute atomic E-state index is 14.1. The van der Waals surface area contributed by atoms with E-state index in [1.165, 1.54) is 12.1 Å². The molecule has 37 heavy (non-hydrogen) atoms. The summed E-state index contributed by atoms with van der Waals surface area (Å²) in [6.07, 6.45) is 9.92. The molecule has 1 N–H and O–H groups in total. The lowest BCUT2D eigenvalue weighted by molar-refractivity contribution is 0.623. The van der Waals surface area contributed by atoms with Gasteiger partial charge in [0.25, 0.3) is 0 Å². The zero-order valence-electron chi connectivity index (χ0n) is 21.8. The Morgan fingerprint density at radius 3 is 2.00 bits per heavy atom. The summed E-state index contributed by atoms with van der Waals surface area (Å²) >= 11 is 0. The Bertz CT molecular complexity index is 1250. The highest BCUT2D eigenvalue weighted by Crippen LogP contribution is 2.13. The SMILES string of the molecule is CCC=CCCB(c1ccccc1F)c1ccccc1F.CCc1cc(F)cc(Cc2ncc(C)[nH]2)c1. The molecule has 0 fully saturated rings. The number of aromatic amines is 1. The summed E-state index contributed by atoms with van der Waals surface area (Å²) < 4.78 is 41.5. The highest BCUT2D eigenvalue weighted by Gasteiger charge is 2.24. The van der Waals surface area contributed by atoms with E-state index in [0.29, 0.717) is 23.7 Å². The van der Waals surface area contributed by atoms with Crippen LogP contribution in [0.15, 0.2) is 85.1 Å². The van der Waals surface area contributed by atoms with Gasteiger partial charge in [0, 0.05) is 18.3 Å². The number of hydrogen-bond acceptors (Lipinski definition) is 1. The van der Waals surface area contributed by atoms with Crippen molar-refractivity contribution >= 4 is 17.6 Å². The molecule has 3 aromatic carbocycles. The molecule has 0 aliphatic heterocycles. The van der Waals surface area contributed by atoms with Crippen LogP contribution in [0.2, 0.25) is 6.32 Å². The number of halogens is 3. The van der Waals surface area contributed by atoms with Gasteiger partial charge >= 0.3 is 0 Å². The fraction of sp³-hybridized carbons (Fsp3) is 0.258. The number of benzene rings is 3. The van der Waals surface area contributed by atoms with Gasteiger partial charge in [0.05, 0.1) is 0 Å². The van der Waals surface area contributed by atoms with Crippen molar-refractivity contribution in [2.45, 2.75) is 52.8 Å². The minimum absolute atomic E-state index is 0.169. The van der Waals surface area contributed by atoms with E-state index >= 15 is 0 Å². The molecule has 4 aromatic rings.